The van der Waals surface area contributed by atoms with E-state index in [0.717, 1.165) is 0 Å². The summed E-state index contributed by atoms with van der Waals surface area (Å²) >= 11 is 0. The van der Waals surface area contributed by atoms with Crippen molar-refractivity contribution in [3.8, 4) is 0 Å². The fourth-order valence-electron chi connectivity index (χ4n) is 8.64. The van der Waals surface area contributed by atoms with Crippen molar-refractivity contribution in [1.29, 1.82) is 0 Å². The van der Waals surface area contributed by atoms with Crippen molar-refractivity contribution in [1.82, 2.24) is 0 Å². The van der Waals surface area contributed by atoms with Gasteiger partial charge < -0.3 is 47.1 Å². The van der Waals surface area contributed by atoms with Gasteiger partial charge in [0.25, 0.3) is 0 Å². The molecule has 16 heteroatoms. The van der Waals surface area contributed by atoms with Crippen LogP contribution in [0.4, 0.5) is 0 Å². The fraction of sp³-hybridized carbons (Fsp3) is 0.703. The minimum absolute atomic E-state index is 0.0709. The van der Waals surface area contributed by atoms with Crippen molar-refractivity contribution in [2.24, 2.45) is 11.3 Å². The number of rotatable bonds is 12. The highest BCUT2D eigenvalue weighted by atomic mass is 28.4. The number of esters is 5. The summed E-state index contributed by atoms with van der Waals surface area (Å²) in [5.74, 6) is -5.22. The van der Waals surface area contributed by atoms with E-state index in [4.69, 9.17) is 47.1 Å². The summed E-state index contributed by atoms with van der Waals surface area (Å²) in [6.45, 7) is 16.6. The SMILES string of the molecule is CC(=O)O[C@@H]1[C@@H](OC(C)=O)[C@H](O[C@]23C[C@H]4[C@@]5(OC(C)=O)C[C@]2(C)O[C@H](O5)[C@]43COC(=O)c2ccccc2)O[C@H](CO[Si](C)(C)C(C)(C)C)[C@H]1OC(C)=O. The van der Waals surface area contributed by atoms with Crippen LogP contribution in [-0.2, 0) is 66.2 Å². The predicted octanol–water partition coefficient (Wildman–Crippen LogP) is 3.96. The van der Waals surface area contributed by atoms with Crippen LogP contribution in [0.2, 0.25) is 18.1 Å². The van der Waals surface area contributed by atoms with Crippen LogP contribution in [0.15, 0.2) is 30.3 Å². The lowest BCUT2D eigenvalue weighted by atomic mass is 9.41. The molecular formula is C37H50O15Si. The van der Waals surface area contributed by atoms with Gasteiger partial charge in [0.05, 0.1) is 17.6 Å². The second-order valence-corrected chi connectivity index (χ2v) is 21.2. The van der Waals surface area contributed by atoms with E-state index in [1.165, 1.54) is 27.7 Å². The first kappa shape index (κ1) is 39.3. The van der Waals surface area contributed by atoms with E-state index in [1.54, 1.807) is 37.3 Å². The number of carbonyl (C=O) groups is 5. The predicted molar refractivity (Wildman–Crippen MR) is 183 cm³/mol. The maximum atomic E-state index is 13.3. The van der Waals surface area contributed by atoms with Gasteiger partial charge in [-0.05, 0) is 43.6 Å². The molecule has 3 aliphatic carbocycles. The molecule has 3 saturated carbocycles. The van der Waals surface area contributed by atoms with E-state index in [1.807, 2.05) is 13.1 Å². The van der Waals surface area contributed by atoms with Gasteiger partial charge in [-0.1, -0.05) is 39.0 Å². The first-order valence-electron chi connectivity index (χ1n) is 17.9. The van der Waals surface area contributed by atoms with Crippen LogP contribution in [0.1, 0.15) is 78.6 Å². The zero-order chi connectivity index (χ0) is 38.9. The number of ether oxygens (including phenoxy) is 9. The van der Waals surface area contributed by atoms with Gasteiger partial charge in [-0.2, -0.15) is 0 Å². The van der Waals surface area contributed by atoms with Crippen LogP contribution in [0.25, 0.3) is 0 Å². The van der Waals surface area contributed by atoms with Gasteiger partial charge in [0.2, 0.25) is 5.79 Å². The molecule has 11 atom stereocenters. The molecule has 0 aromatic heterocycles. The van der Waals surface area contributed by atoms with E-state index in [-0.39, 0.29) is 31.1 Å². The third kappa shape index (κ3) is 6.38. The summed E-state index contributed by atoms with van der Waals surface area (Å²) in [4.78, 5) is 63.5. The molecule has 0 amide bonds. The molecule has 1 aromatic carbocycles. The van der Waals surface area contributed by atoms with Crippen molar-refractivity contribution >= 4 is 38.2 Å². The Hall–Kier alpha value is -3.41. The lowest BCUT2D eigenvalue weighted by Gasteiger charge is -2.68. The summed E-state index contributed by atoms with van der Waals surface area (Å²) in [5.41, 5.74) is -3.44. The van der Waals surface area contributed by atoms with Crippen molar-refractivity contribution < 1.29 is 71.0 Å². The van der Waals surface area contributed by atoms with Crippen molar-refractivity contribution in [3.05, 3.63) is 35.9 Å². The molecule has 292 valence electrons. The van der Waals surface area contributed by atoms with Gasteiger partial charge in [0.15, 0.2) is 39.2 Å². The van der Waals surface area contributed by atoms with Crippen molar-refractivity contribution in [2.45, 2.75) is 140 Å². The third-order valence-corrected chi connectivity index (χ3v) is 16.4. The molecule has 0 spiro atoms. The molecule has 1 aromatic rings. The smallest absolute Gasteiger partial charge is 0.338 e. The van der Waals surface area contributed by atoms with Crippen LogP contribution in [-0.4, -0.2) is 105 Å². The van der Waals surface area contributed by atoms with Crippen molar-refractivity contribution in [3.63, 3.8) is 0 Å². The van der Waals surface area contributed by atoms with Gasteiger partial charge in [0, 0.05) is 40.0 Å². The highest BCUT2D eigenvalue weighted by Crippen LogP contribution is 2.82. The van der Waals surface area contributed by atoms with Crippen LogP contribution >= 0.6 is 0 Å². The van der Waals surface area contributed by atoms with Crippen LogP contribution in [0.3, 0.4) is 0 Å². The second kappa shape index (κ2) is 13.4. The van der Waals surface area contributed by atoms with Gasteiger partial charge >= 0.3 is 29.8 Å². The minimum Gasteiger partial charge on any atom is -0.461 e. The molecule has 53 heavy (non-hydrogen) atoms. The third-order valence-electron chi connectivity index (χ3n) is 11.9. The molecule has 8 rings (SSSR count). The van der Waals surface area contributed by atoms with Crippen LogP contribution < -0.4 is 0 Å². The quantitative estimate of drug-likeness (QED) is 0.170. The molecule has 4 aliphatic heterocycles. The average Bonchev–Trinajstić information content (AvgIpc) is 3.23. The van der Waals surface area contributed by atoms with E-state index in [2.05, 4.69) is 20.8 Å². The molecule has 0 N–H and O–H groups in total. The Bertz CT molecular complexity index is 1640. The Kier molecular flexibility index (Phi) is 9.94. The van der Waals surface area contributed by atoms with Crippen LogP contribution in [0.5, 0.6) is 0 Å². The number of hydrogen-bond donors (Lipinski definition) is 0. The Morgan fingerprint density at radius 1 is 0.849 bits per heavy atom. The standard InChI is InChI=1S/C37H50O15Si/c1-20(38)45-27-25(17-44-53(9,10)33(5,6)7)48-31(29(47-22(3)40)28(27)46-21(2)39)50-37-16-26-35(37,19-43-30(42)24-14-12-11-13-15-24)32-51-34(37,8)18-36(26,52-32)49-23(4)41/h11-15,25-29,31-32H,16-19H2,1-10H3/t25-,26-,27-,28+,29-,31+,32-,34+,35+,36-,37-/m1/s1. The summed E-state index contributed by atoms with van der Waals surface area (Å²) < 4.78 is 62.3. The largest absolute Gasteiger partial charge is 0.461 e. The normalized spacial score (nSPS) is 38.0. The zero-order valence-electron chi connectivity index (χ0n) is 31.9. The van der Waals surface area contributed by atoms with E-state index in [9.17, 15) is 24.0 Å². The number of hydrogen-bond acceptors (Lipinski definition) is 15. The van der Waals surface area contributed by atoms with Gasteiger partial charge in [-0.15, -0.1) is 0 Å². The van der Waals surface area contributed by atoms with Gasteiger partial charge in [-0.25, -0.2) is 4.79 Å². The Morgan fingerprint density at radius 3 is 2.04 bits per heavy atom. The van der Waals surface area contributed by atoms with Gasteiger partial charge in [0.1, 0.15) is 23.9 Å². The van der Waals surface area contributed by atoms with Gasteiger partial charge in [-0.3, -0.25) is 19.2 Å². The number of carbonyl (C=O) groups excluding carboxylic acids is 5. The van der Waals surface area contributed by atoms with E-state index < -0.39 is 103 Å². The Balaban J connectivity index is 1.41. The molecule has 6 bridgehead atoms. The lowest BCUT2D eigenvalue weighted by Crippen LogP contribution is -2.81. The first-order valence-corrected chi connectivity index (χ1v) is 20.8. The fourth-order valence-corrected chi connectivity index (χ4v) is 9.66. The molecule has 7 aliphatic rings. The summed E-state index contributed by atoms with van der Waals surface area (Å²) in [7, 11) is -2.42. The maximum absolute atomic E-state index is 13.3. The zero-order valence-corrected chi connectivity index (χ0v) is 32.9. The summed E-state index contributed by atoms with van der Waals surface area (Å²) in [5, 5.41) is -0.195. The first-order chi connectivity index (χ1) is 24.6. The van der Waals surface area contributed by atoms with Crippen LogP contribution in [0, 0.1) is 11.3 Å². The minimum atomic E-state index is -2.42. The monoisotopic (exact) mass is 762 g/mol. The molecular weight excluding hydrogens is 712 g/mol. The summed E-state index contributed by atoms with van der Waals surface area (Å²) in [6, 6.07) is 8.46. The second-order valence-electron chi connectivity index (χ2n) is 16.4. The van der Waals surface area contributed by atoms with Crippen molar-refractivity contribution in [2.75, 3.05) is 13.2 Å². The van der Waals surface area contributed by atoms with E-state index >= 15 is 0 Å². The maximum Gasteiger partial charge on any atom is 0.338 e. The average molecular weight is 763 g/mol. The molecule has 4 saturated heterocycles. The molecule has 0 radical (unpaired) electrons. The lowest BCUT2D eigenvalue weighted by molar-refractivity contribution is -0.423. The topological polar surface area (TPSA) is 178 Å². The molecule has 7 fully saturated rings. The number of benzene rings is 1. The highest BCUT2D eigenvalue weighted by Gasteiger charge is 2.96. The molecule has 0 unspecified atom stereocenters. The molecule has 4 heterocycles. The Labute approximate surface area is 309 Å². The Morgan fingerprint density at radius 2 is 1.45 bits per heavy atom. The summed E-state index contributed by atoms with van der Waals surface area (Å²) in [6.07, 6.45) is -7.33. The highest BCUT2D eigenvalue weighted by molar-refractivity contribution is 6.74. The van der Waals surface area contributed by atoms with E-state index in [0.29, 0.717) is 5.56 Å². The molecule has 15 nitrogen and oxygen atoms in total.